The van der Waals surface area contributed by atoms with Gasteiger partial charge in [0.05, 0.1) is 6.54 Å². The van der Waals surface area contributed by atoms with E-state index in [1.807, 2.05) is 6.20 Å². The van der Waals surface area contributed by atoms with Gasteiger partial charge in [0.25, 0.3) is 0 Å². The van der Waals surface area contributed by atoms with Crippen molar-refractivity contribution in [2.24, 2.45) is 0 Å². The summed E-state index contributed by atoms with van der Waals surface area (Å²) >= 11 is 9.52. The minimum Gasteiger partial charge on any atom is -0.487 e. The van der Waals surface area contributed by atoms with Gasteiger partial charge in [0.15, 0.2) is 0 Å². The Morgan fingerprint density at radius 2 is 2.29 bits per heavy atom. The number of pyridine rings is 2. The van der Waals surface area contributed by atoms with Crippen molar-refractivity contribution in [2.45, 2.75) is 19.4 Å². The third-order valence-electron chi connectivity index (χ3n) is 3.49. The second-order valence-electron chi connectivity index (χ2n) is 5.07. The second kappa shape index (κ2) is 6.20. The fraction of sp³-hybridized carbons (Fsp3) is 0.333. The molecule has 4 nitrogen and oxygen atoms in total. The predicted octanol–water partition coefficient (Wildman–Crippen LogP) is 3.86. The zero-order chi connectivity index (χ0) is 14.8. The number of nitrogens with zero attached hydrogens (tertiary/aromatic N) is 3. The third kappa shape index (κ3) is 3.30. The molecule has 1 unspecified atom stereocenters. The highest BCUT2D eigenvalue weighted by atomic mass is 79.9. The summed E-state index contributed by atoms with van der Waals surface area (Å²) in [5, 5.41) is 0.550. The summed E-state index contributed by atoms with van der Waals surface area (Å²) in [6.07, 6.45) is 6.19. The van der Waals surface area contributed by atoms with Crippen LogP contribution in [0.2, 0.25) is 5.02 Å². The zero-order valence-corrected chi connectivity index (χ0v) is 13.9. The van der Waals surface area contributed by atoms with E-state index in [9.17, 15) is 0 Å². The Bertz CT molecular complexity index is 653. The summed E-state index contributed by atoms with van der Waals surface area (Å²) in [5.74, 6) is 1.71. The number of aryl methyl sites for hydroxylation is 1. The lowest BCUT2D eigenvalue weighted by molar-refractivity contribution is 0.225. The number of ether oxygens (including phenoxy) is 1. The van der Waals surface area contributed by atoms with Crippen molar-refractivity contribution in [1.82, 2.24) is 9.97 Å². The summed E-state index contributed by atoms with van der Waals surface area (Å²) in [6, 6.07) is 3.88. The van der Waals surface area contributed by atoms with E-state index < -0.39 is 0 Å². The van der Waals surface area contributed by atoms with E-state index in [1.165, 1.54) is 0 Å². The van der Waals surface area contributed by atoms with Crippen LogP contribution >= 0.6 is 27.5 Å². The highest BCUT2D eigenvalue weighted by molar-refractivity contribution is 9.10. The zero-order valence-electron chi connectivity index (χ0n) is 11.6. The molecule has 0 radical (unpaired) electrons. The van der Waals surface area contributed by atoms with Crippen LogP contribution in [-0.4, -0.2) is 29.2 Å². The van der Waals surface area contributed by atoms with E-state index in [1.54, 1.807) is 18.5 Å². The molecule has 0 aliphatic carbocycles. The van der Waals surface area contributed by atoms with E-state index in [-0.39, 0.29) is 6.10 Å². The summed E-state index contributed by atoms with van der Waals surface area (Å²) < 4.78 is 6.97. The first kappa shape index (κ1) is 14.6. The molecule has 3 heterocycles. The quantitative estimate of drug-likeness (QED) is 0.824. The number of aromatic nitrogens is 2. The first-order valence-corrected chi connectivity index (χ1v) is 7.94. The average Bonchev–Trinajstić information content (AvgIpc) is 2.90. The van der Waals surface area contributed by atoms with Gasteiger partial charge in [-0.2, -0.15) is 0 Å². The van der Waals surface area contributed by atoms with Crippen molar-refractivity contribution in [3.8, 4) is 5.75 Å². The molecular weight excluding hydrogens is 354 g/mol. The van der Waals surface area contributed by atoms with Gasteiger partial charge >= 0.3 is 0 Å². The molecule has 1 aliphatic heterocycles. The van der Waals surface area contributed by atoms with Crippen molar-refractivity contribution in [1.29, 1.82) is 0 Å². The van der Waals surface area contributed by atoms with Crippen molar-refractivity contribution in [2.75, 3.05) is 18.0 Å². The summed E-state index contributed by atoms with van der Waals surface area (Å²) in [7, 11) is 0. The molecular formula is C15H15BrClN3O. The van der Waals surface area contributed by atoms with E-state index in [2.05, 4.69) is 43.8 Å². The Kier molecular flexibility index (Phi) is 4.31. The molecule has 1 atom stereocenters. The van der Waals surface area contributed by atoms with Crippen LogP contribution < -0.4 is 9.64 Å². The first-order valence-electron chi connectivity index (χ1n) is 6.77. The largest absolute Gasteiger partial charge is 0.487 e. The van der Waals surface area contributed by atoms with Crippen LogP contribution in [0, 0.1) is 6.92 Å². The van der Waals surface area contributed by atoms with Gasteiger partial charge < -0.3 is 9.64 Å². The Hall–Kier alpha value is -1.33. The molecule has 21 heavy (non-hydrogen) atoms. The minimum atomic E-state index is 0.120. The lowest BCUT2D eigenvalue weighted by Gasteiger charge is -2.20. The van der Waals surface area contributed by atoms with E-state index in [0.29, 0.717) is 10.8 Å². The van der Waals surface area contributed by atoms with E-state index in [4.69, 9.17) is 16.3 Å². The number of rotatable bonds is 3. The van der Waals surface area contributed by atoms with Gasteiger partial charge in [-0.25, -0.2) is 4.98 Å². The maximum Gasteiger partial charge on any atom is 0.141 e. The fourth-order valence-electron chi connectivity index (χ4n) is 2.52. The lowest BCUT2D eigenvalue weighted by Crippen LogP contribution is -2.25. The Morgan fingerprint density at radius 1 is 1.43 bits per heavy atom. The molecule has 2 aromatic heterocycles. The molecule has 0 aromatic carbocycles. The Balaban J connectivity index is 1.69. The van der Waals surface area contributed by atoms with E-state index >= 15 is 0 Å². The fourth-order valence-corrected chi connectivity index (χ4v) is 3.13. The van der Waals surface area contributed by atoms with Crippen molar-refractivity contribution in [3.05, 3.63) is 45.8 Å². The average molecular weight is 369 g/mol. The van der Waals surface area contributed by atoms with Crippen LogP contribution in [0.25, 0.3) is 0 Å². The maximum atomic E-state index is 6.08. The van der Waals surface area contributed by atoms with Gasteiger partial charge in [0.1, 0.15) is 22.7 Å². The molecule has 0 spiro atoms. The SMILES string of the molecule is Cc1cc(Br)cnc1N1CCC(Oc2ccncc2Cl)C1. The third-order valence-corrected chi connectivity index (χ3v) is 4.21. The molecule has 0 bridgehead atoms. The van der Waals surface area contributed by atoms with Gasteiger partial charge in [-0.05, 0) is 34.5 Å². The van der Waals surface area contributed by atoms with Crippen LogP contribution in [0.3, 0.4) is 0 Å². The monoisotopic (exact) mass is 367 g/mol. The van der Waals surface area contributed by atoms with Crippen molar-refractivity contribution < 1.29 is 4.74 Å². The van der Waals surface area contributed by atoms with Gasteiger partial charge in [0.2, 0.25) is 0 Å². The highest BCUT2D eigenvalue weighted by Crippen LogP contribution is 2.28. The molecule has 6 heteroatoms. The van der Waals surface area contributed by atoms with Gasteiger partial charge in [-0.15, -0.1) is 0 Å². The smallest absolute Gasteiger partial charge is 0.141 e. The van der Waals surface area contributed by atoms with Gasteiger partial charge in [0, 0.05) is 42.1 Å². The Labute approximate surface area is 137 Å². The minimum absolute atomic E-state index is 0.120. The summed E-state index contributed by atoms with van der Waals surface area (Å²) in [6.45, 7) is 3.82. The molecule has 3 rings (SSSR count). The number of hydrogen-bond donors (Lipinski definition) is 0. The molecule has 1 aliphatic rings. The normalized spacial score (nSPS) is 18.0. The molecule has 2 aromatic rings. The molecule has 1 fully saturated rings. The second-order valence-corrected chi connectivity index (χ2v) is 6.40. The molecule has 0 amide bonds. The summed E-state index contributed by atoms with van der Waals surface area (Å²) in [5.41, 5.74) is 1.16. The maximum absolute atomic E-state index is 6.08. The van der Waals surface area contributed by atoms with Crippen LogP contribution in [0.15, 0.2) is 35.2 Å². The summed E-state index contributed by atoms with van der Waals surface area (Å²) in [4.78, 5) is 10.7. The van der Waals surface area contributed by atoms with Crippen molar-refractivity contribution >= 4 is 33.3 Å². The van der Waals surface area contributed by atoms with Crippen LogP contribution in [0.4, 0.5) is 5.82 Å². The topological polar surface area (TPSA) is 38.2 Å². The number of halogens is 2. The van der Waals surface area contributed by atoms with Crippen molar-refractivity contribution in [3.63, 3.8) is 0 Å². The van der Waals surface area contributed by atoms with Crippen LogP contribution in [0.1, 0.15) is 12.0 Å². The molecule has 1 saturated heterocycles. The van der Waals surface area contributed by atoms with Gasteiger partial charge in [-0.1, -0.05) is 11.6 Å². The van der Waals surface area contributed by atoms with Crippen LogP contribution in [-0.2, 0) is 0 Å². The lowest BCUT2D eigenvalue weighted by atomic mass is 10.3. The molecule has 0 N–H and O–H groups in total. The van der Waals surface area contributed by atoms with Crippen LogP contribution in [0.5, 0.6) is 5.75 Å². The number of anilines is 1. The standard InChI is InChI=1S/C15H15BrClN3O/c1-10-6-11(16)7-19-15(10)20-5-3-12(9-20)21-14-2-4-18-8-13(14)17/h2,4,6-8,12H,3,5,9H2,1H3. The molecule has 110 valence electrons. The number of hydrogen-bond acceptors (Lipinski definition) is 4. The Morgan fingerprint density at radius 3 is 3.05 bits per heavy atom. The van der Waals surface area contributed by atoms with E-state index in [0.717, 1.165) is 35.4 Å². The predicted molar refractivity (Wildman–Crippen MR) is 87.2 cm³/mol. The first-order chi connectivity index (χ1) is 10.1. The highest BCUT2D eigenvalue weighted by Gasteiger charge is 2.26. The molecule has 0 saturated carbocycles. The van der Waals surface area contributed by atoms with Gasteiger partial charge in [-0.3, -0.25) is 4.98 Å².